The minimum atomic E-state index is -0.834. The summed E-state index contributed by atoms with van der Waals surface area (Å²) in [6, 6.07) is 3.05. The molecule has 0 amide bonds. The Morgan fingerprint density at radius 3 is 3.14 bits per heavy atom. The third kappa shape index (κ3) is 3.39. The number of hydrogen-bond acceptors (Lipinski definition) is 7. The number of nitrogens with zero attached hydrogens (tertiary/aromatic N) is 3. The van der Waals surface area contributed by atoms with E-state index >= 15 is 0 Å². The number of azo groups is 1. The molecule has 0 aliphatic carbocycles. The summed E-state index contributed by atoms with van der Waals surface area (Å²) in [5.74, 6) is 0.391. The highest BCUT2D eigenvalue weighted by Crippen LogP contribution is 2.37. The second-order valence-electron chi connectivity index (χ2n) is 4.19. The molecular weight excluding hydrogens is 387 g/mol. The largest absolute Gasteiger partial charge is 0.871 e. The second-order valence-corrected chi connectivity index (χ2v) is 6.76. The molecular formula is C13H12IN4O3-. The fourth-order valence-corrected chi connectivity index (χ4v) is 3.21. The number of allylic oxidation sites excluding steroid dienone is 2. The summed E-state index contributed by atoms with van der Waals surface area (Å²) < 4.78 is 7.23. The van der Waals surface area contributed by atoms with Gasteiger partial charge in [0.15, 0.2) is 0 Å². The van der Waals surface area contributed by atoms with Gasteiger partial charge in [0.1, 0.15) is 16.0 Å². The summed E-state index contributed by atoms with van der Waals surface area (Å²) in [5, 5.41) is 32.6. The molecule has 2 aliphatic rings. The van der Waals surface area contributed by atoms with Gasteiger partial charge in [-0.1, -0.05) is 11.8 Å². The number of ether oxygens (including phenoxy) is 1. The van der Waals surface area contributed by atoms with E-state index in [9.17, 15) is 10.3 Å². The zero-order chi connectivity index (χ0) is 14.7. The van der Waals surface area contributed by atoms with Crippen LogP contribution in [0.5, 0.6) is 11.5 Å². The van der Waals surface area contributed by atoms with E-state index < -0.39 is 21.0 Å². The van der Waals surface area contributed by atoms with Crippen LogP contribution in [-0.2, 0) is 0 Å². The van der Waals surface area contributed by atoms with Gasteiger partial charge < -0.3 is 15.2 Å². The smallest absolute Gasteiger partial charge is 0.144 e. The monoisotopic (exact) mass is 399 g/mol. The number of fused-ring (bicyclic) bond motifs is 1. The molecule has 8 heteroatoms. The van der Waals surface area contributed by atoms with E-state index in [1.807, 2.05) is 0 Å². The first kappa shape index (κ1) is 14.0. The molecule has 0 unspecified atom stereocenters. The molecule has 0 spiro atoms. The highest BCUT2D eigenvalue weighted by atomic mass is 127. The van der Waals surface area contributed by atoms with Gasteiger partial charge in [0, 0.05) is 18.8 Å². The lowest BCUT2D eigenvalue weighted by Crippen LogP contribution is -2.18. The molecule has 1 aromatic rings. The molecule has 0 saturated heterocycles. The van der Waals surface area contributed by atoms with Crippen LogP contribution < -0.4 is 15.2 Å². The van der Waals surface area contributed by atoms with Crippen molar-refractivity contribution in [2.45, 2.75) is 0 Å². The van der Waals surface area contributed by atoms with Crippen LogP contribution in [0.25, 0.3) is 0 Å². The van der Waals surface area contributed by atoms with Crippen LogP contribution in [0.1, 0.15) is 0 Å². The predicted molar refractivity (Wildman–Crippen MR) is 85.3 cm³/mol. The molecule has 110 valence electrons. The zero-order valence-corrected chi connectivity index (χ0v) is 13.0. The van der Waals surface area contributed by atoms with Crippen molar-refractivity contribution in [3.63, 3.8) is 0 Å². The number of halogens is 1. The summed E-state index contributed by atoms with van der Waals surface area (Å²) in [7, 11) is 0. The summed E-state index contributed by atoms with van der Waals surface area (Å²) >= 11 is -0.834. The number of benzene rings is 1. The molecule has 2 aliphatic heterocycles. The summed E-state index contributed by atoms with van der Waals surface area (Å²) in [4.78, 5) is 0. The van der Waals surface area contributed by atoms with Gasteiger partial charge in [-0.15, -0.1) is 5.11 Å². The third-order valence-corrected chi connectivity index (χ3v) is 4.60. The lowest BCUT2D eigenvalue weighted by molar-refractivity contribution is -0.267. The van der Waals surface area contributed by atoms with Gasteiger partial charge in [-0.2, -0.15) is 5.11 Å². The van der Waals surface area contributed by atoms with Gasteiger partial charge in [0.25, 0.3) is 0 Å². The van der Waals surface area contributed by atoms with Crippen LogP contribution in [0.4, 0.5) is 11.4 Å². The summed E-state index contributed by atoms with van der Waals surface area (Å²) in [6.45, 7) is 1.23. The van der Waals surface area contributed by atoms with Gasteiger partial charge in [-0.05, 0) is 18.2 Å². The number of nitrogens with one attached hydrogen (secondary N) is 1. The molecule has 0 saturated carbocycles. The van der Waals surface area contributed by atoms with Crippen molar-refractivity contribution >= 4 is 36.0 Å². The Kier molecular flexibility index (Phi) is 4.15. The standard InChI is InChI=1S/C13H13IN4O3/c19-11-7-10-12(21-6-4-15-10)8-9(11)16-17-13-3-1-2-5-18(20)14-13/h1-3,5,7-8,15,19-20H,4,6H2/p-1. The van der Waals surface area contributed by atoms with Gasteiger partial charge in [0.05, 0.1) is 32.4 Å². The van der Waals surface area contributed by atoms with Crippen molar-refractivity contribution in [1.82, 2.24) is 3.28 Å². The minimum Gasteiger partial charge on any atom is -0.871 e. The van der Waals surface area contributed by atoms with Gasteiger partial charge in [0.2, 0.25) is 0 Å². The fraction of sp³-hybridized carbons (Fsp3) is 0.154. The fourth-order valence-electron chi connectivity index (χ4n) is 1.78. The number of anilines is 1. The van der Waals surface area contributed by atoms with Crippen LogP contribution in [0.2, 0.25) is 0 Å². The van der Waals surface area contributed by atoms with E-state index in [4.69, 9.17) is 4.74 Å². The van der Waals surface area contributed by atoms with E-state index in [0.29, 0.717) is 28.2 Å². The Morgan fingerprint density at radius 2 is 2.24 bits per heavy atom. The van der Waals surface area contributed by atoms with Gasteiger partial charge in [-0.3, -0.25) is 5.21 Å². The Hall–Kier alpha value is -1.94. The first-order valence-corrected chi connectivity index (χ1v) is 8.25. The van der Waals surface area contributed by atoms with Crippen LogP contribution >= 0.6 is 21.0 Å². The lowest BCUT2D eigenvalue weighted by Gasteiger charge is -2.22. The SMILES string of the molecule is [O-]c1cc2c(cc1N=NC1=IN(O)C=CC=C1)OCCN2. The van der Waals surface area contributed by atoms with E-state index in [0.717, 1.165) is 3.28 Å². The average Bonchev–Trinajstić information content (AvgIpc) is 2.69. The maximum absolute atomic E-state index is 12.0. The van der Waals surface area contributed by atoms with Crippen molar-refractivity contribution in [2.24, 2.45) is 10.2 Å². The van der Waals surface area contributed by atoms with Crippen LogP contribution in [0.15, 0.2) is 46.8 Å². The molecule has 1 aromatic carbocycles. The van der Waals surface area contributed by atoms with E-state index in [-0.39, 0.29) is 11.4 Å². The average molecular weight is 399 g/mol. The molecule has 2 N–H and O–H groups in total. The maximum Gasteiger partial charge on any atom is 0.144 e. The number of hydrogen-bond donors (Lipinski definition) is 2. The highest BCUT2D eigenvalue weighted by Gasteiger charge is 2.10. The topological polar surface area (TPSA) is 92.5 Å². The van der Waals surface area contributed by atoms with Crippen molar-refractivity contribution < 1.29 is 15.1 Å². The first-order chi connectivity index (χ1) is 10.2. The quantitative estimate of drug-likeness (QED) is 0.453. The Bertz CT molecular complexity index is 670. The molecule has 7 nitrogen and oxygen atoms in total. The molecule has 3 rings (SSSR count). The molecule has 21 heavy (non-hydrogen) atoms. The van der Waals surface area contributed by atoms with E-state index in [1.54, 1.807) is 30.5 Å². The van der Waals surface area contributed by atoms with Crippen LogP contribution in [0.3, 0.4) is 0 Å². The first-order valence-electron chi connectivity index (χ1n) is 6.21. The van der Waals surface area contributed by atoms with E-state index in [2.05, 4.69) is 15.5 Å². The number of hydroxylamine groups is 1. The van der Waals surface area contributed by atoms with Crippen molar-refractivity contribution in [3.05, 3.63) is 36.6 Å². The van der Waals surface area contributed by atoms with Gasteiger partial charge in [-0.25, -0.2) is 3.28 Å². The van der Waals surface area contributed by atoms with Crippen LogP contribution in [-0.4, -0.2) is 25.3 Å². The molecule has 0 atom stereocenters. The molecule has 0 bridgehead atoms. The minimum absolute atomic E-state index is 0.217. The van der Waals surface area contributed by atoms with E-state index in [1.165, 1.54) is 6.07 Å². The lowest BCUT2D eigenvalue weighted by atomic mass is 10.2. The van der Waals surface area contributed by atoms with Crippen molar-refractivity contribution in [3.8, 4) is 11.5 Å². The highest BCUT2D eigenvalue weighted by molar-refractivity contribution is 14.2. The van der Waals surface area contributed by atoms with Crippen molar-refractivity contribution in [1.29, 1.82) is 0 Å². The maximum atomic E-state index is 12.0. The Morgan fingerprint density at radius 1 is 1.33 bits per heavy atom. The molecule has 0 fully saturated rings. The molecule has 2 heterocycles. The van der Waals surface area contributed by atoms with Crippen molar-refractivity contribution in [2.75, 3.05) is 18.5 Å². The summed E-state index contributed by atoms with van der Waals surface area (Å²) in [5.41, 5.74) is 0.912. The molecule has 0 radical (unpaired) electrons. The normalized spacial score (nSPS) is 17.4. The Labute approximate surface area is 131 Å². The Balaban J connectivity index is 1.86. The second kappa shape index (κ2) is 6.22. The molecule has 0 aromatic heterocycles. The summed E-state index contributed by atoms with van der Waals surface area (Å²) in [6.07, 6.45) is 6.80. The third-order valence-electron chi connectivity index (χ3n) is 2.72. The van der Waals surface area contributed by atoms with Gasteiger partial charge >= 0.3 is 0 Å². The zero-order valence-electron chi connectivity index (χ0n) is 10.9. The van der Waals surface area contributed by atoms with Crippen LogP contribution in [0, 0.1) is 0 Å². The predicted octanol–water partition coefficient (Wildman–Crippen LogP) is 2.44. The number of rotatable bonds is 2.